The van der Waals surface area contributed by atoms with Gasteiger partial charge in [0, 0.05) is 19.2 Å². The maximum Gasteiger partial charge on any atom is 0.272 e. The van der Waals surface area contributed by atoms with Gasteiger partial charge in [-0.15, -0.1) is 0 Å². The second kappa shape index (κ2) is 7.90. The Hall–Kier alpha value is -2.81. The molecule has 0 bridgehead atoms. The van der Waals surface area contributed by atoms with E-state index in [9.17, 15) is 18.4 Å². The topological polar surface area (TPSA) is 85.3 Å². The fourth-order valence-electron chi connectivity index (χ4n) is 3.25. The molecule has 1 aliphatic rings. The van der Waals surface area contributed by atoms with Crippen molar-refractivity contribution in [3.05, 3.63) is 41.2 Å². The molecule has 0 saturated heterocycles. The van der Waals surface area contributed by atoms with Crippen LogP contribution < -0.4 is 10.6 Å². The summed E-state index contributed by atoms with van der Waals surface area (Å²) in [4.78, 5) is 29.7. The van der Waals surface area contributed by atoms with E-state index in [1.807, 2.05) is 20.8 Å². The van der Waals surface area contributed by atoms with Crippen LogP contribution in [0.15, 0.2) is 18.2 Å². The highest BCUT2D eigenvalue weighted by Crippen LogP contribution is 2.27. The average molecular weight is 406 g/mol. The number of imidazole rings is 1. The molecule has 3 rings (SSSR count). The molecule has 7 nitrogen and oxygen atoms in total. The predicted octanol–water partition coefficient (Wildman–Crippen LogP) is 2.25. The molecule has 2 amide bonds. The highest BCUT2D eigenvalue weighted by atomic mass is 19.2. The third-order valence-corrected chi connectivity index (χ3v) is 4.81. The van der Waals surface area contributed by atoms with Gasteiger partial charge in [0.25, 0.3) is 5.91 Å². The van der Waals surface area contributed by atoms with Crippen molar-refractivity contribution in [2.24, 2.45) is 5.41 Å². The Labute approximate surface area is 167 Å². The van der Waals surface area contributed by atoms with Gasteiger partial charge in [0.2, 0.25) is 5.91 Å². The summed E-state index contributed by atoms with van der Waals surface area (Å²) < 4.78 is 34.3. The first-order valence-corrected chi connectivity index (χ1v) is 9.28. The number of hydrogen-bond donors (Lipinski definition) is 2. The van der Waals surface area contributed by atoms with E-state index in [1.54, 1.807) is 4.57 Å². The highest BCUT2D eigenvalue weighted by molar-refractivity contribution is 5.97. The first-order chi connectivity index (χ1) is 13.6. The summed E-state index contributed by atoms with van der Waals surface area (Å²) in [5, 5.41) is 5.30. The molecule has 1 aromatic carbocycles. The van der Waals surface area contributed by atoms with Crippen LogP contribution in [0.3, 0.4) is 0 Å². The summed E-state index contributed by atoms with van der Waals surface area (Å²) in [5.41, 5.74) is 0.444. The molecule has 2 aromatic rings. The molecule has 0 radical (unpaired) electrons. The molecule has 0 aliphatic carbocycles. The summed E-state index contributed by atoms with van der Waals surface area (Å²) in [6.07, 6.45) is 0. The van der Waals surface area contributed by atoms with Crippen molar-refractivity contribution in [1.82, 2.24) is 20.2 Å². The lowest BCUT2D eigenvalue weighted by Crippen LogP contribution is -2.53. The standard InChI is InChI=1S/C20H24F2N4O3/c1-20(2,3)16(19(28)23-4)25-18(27)15-14-10-29-8-7-26(14)17(24-15)11-5-6-12(21)13(22)9-11/h5-6,9,16H,7-8,10H2,1-4H3,(H,23,28)(H,25,27). The van der Waals surface area contributed by atoms with Gasteiger partial charge in [-0.05, 0) is 23.6 Å². The summed E-state index contributed by atoms with van der Waals surface area (Å²) in [6.45, 7) is 6.49. The number of nitrogens with zero attached hydrogens (tertiary/aromatic N) is 2. The van der Waals surface area contributed by atoms with Crippen molar-refractivity contribution in [2.75, 3.05) is 13.7 Å². The van der Waals surface area contributed by atoms with Crippen LogP contribution in [0, 0.1) is 17.0 Å². The minimum absolute atomic E-state index is 0.0996. The SMILES string of the molecule is CNC(=O)C(NC(=O)c1nc(-c2ccc(F)c(F)c2)n2c1COCC2)C(C)(C)C. The van der Waals surface area contributed by atoms with Crippen LogP contribution in [-0.4, -0.2) is 41.1 Å². The number of carbonyl (C=O) groups excluding carboxylic acids is 2. The maximum atomic E-state index is 13.7. The average Bonchev–Trinajstić information content (AvgIpc) is 3.06. The Morgan fingerprint density at radius 1 is 1.24 bits per heavy atom. The molecular formula is C20H24F2N4O3. The number of fused-ring (bicyclic) bond motifs is 1. The maximum absolute atomic E-state index is 13.7. The van der Waals surface area contributed by atoms with E-state index in [0.29, 0.717) is 30.2 Å². The lowest BCUT2D eigenvalue weighted by molar-refractivity contribution is -0.124. The Bertz CT molecular complexity index is 950. The van der Waals surface area contributed by atoms with E-state index in [0.717, 1.165) is 12.1 Å². The molecule has 1 aromatic heterocycles. The third kappa shape index (κ3) is 4.14. The van der Waals surface area contributed by atoms with E-state index >= 15 is 0 Å². The molecule has 1 aliphatic heterocycles. The number of benzene rings is 1. The Balaban J connectivity index is 2.01. The largest absolute Gasteiger partial charge is 0.373 e. The minimum Gasteiger partial charge on any atom is -0.373 e. The number of nitrogens with one attached hydrogen (secondary N) is 2. The first kappa shape index (κ1) is 20.9. The number of carbonyl (C=O) groups is 2. The van der Waals surface area contributed by atoms with Crippen molar-refractivity contribution in [3.8, 4) is 11.4 Å². The van der Waals surface area contributed by atoms with Crippen LogP contribution in [0.5, 0.6) is 0 Å². The highest BCUT2D eigenvalue weighted by Gasteiger charge is 2.34. The van der Waals surface area contributed by atoms with Crippen LogP contribution >= 0.6 is 0 Å². The van der Waals surface area contributed by atoms with Crippen molar-refractivity contribution in [2.45, 2.75) is 40.0 Å². The van der Waals surface area contributed by atoms with Gasteiger partial charge < -0.3 is 19.9 Å². The molecular weight excluding hydrogens is 382 g/mol. The van der Waals surface area contributed by atoms with E-state index < -0.39 is 29.0 Å². The van der Waals surface area contributed by atoms with Crippen LogP contribution in [0.25, 0.3) is 11.4 Å². The lowest BCUT2D eigenvalue weighted by atomic mass is 9.86. The molecule has 29 heavy (non-hydrogen) atoms. The molecule has 0 fully saturated rings. The van der Waals surface area contributed by atoms with E-state index in [1.165, 1.54) is 13.1 Å². The van der Waals surface area contributed by atoms with Crippen molar-refractivity contribution in [1.29, 1.82) is 0 Å². The van der Waals surface area contributed by atoms with Gasteiger partial charge in [-0.2, -0.15) is 0 Å². The molecule has 0 spiro atoms. The Morgan fingerprint density at radius 3 is 2.59 bits per heavy atom. The van der Waals surface area contributed by atoms with Crippen LogP contribution in [0.4, 0.5) is 8.78 Å². The van der Waals surface area contributed by atoms with Gasteiger partial charge in [-0.1, -0.05) is 20.8 Å². The number of likely N-dealkylation sites (N-methyl/N-ethyl adjacent to an activating group) is 1. The van der Waals surface area contributed by atoms with Gasteiger partial charge in [-0.25, -0.2) is 13.8 Å². The number of rotatable bonds is 4. The number of ether oxygens (including phenoxy) is 1. The van der Waals surface area contributed by atoms with Gasteiger partial charge in [0.1, 0.15) is 11.9 Å². The Kier molecular flexibility index (Phi) is 5.70. The molecule has 1 atom stereocenters. The molecule has 2 N–H and O–H groups in total. The molecule has 1 unspecified atom stereocenters. The normalized spacial score (nSPS) is 14.8. The second-order valence-corrected chi connectivity index (χ2v) is 7.95. The molecule has 9 heteroatoms. The molecule has 156 valence electrons. The zero-order valence-electron chi connectivity index (χ0n) is 16.8. The first-order valence-electron chi connectivity index (χ1n) is 9.28. The fourth-order valence-corrected chi connectivity index (χ4v) is 3.25. The monoisotopic (exact) mass is 406 g/mol. The number of aromatic nitrogens is 2. The summed E-state index contributed by atoms with van der Waals surface area (Å²) in [6, 6.07) is 2.69. The second-order valence-electron chi connectivity index (χ2n) is 7.95. The number of amides is 2. The van der Waals surface area contributed by atoms with Crippen LogP contribution in [-0.2, 0) is 22.7 Å². The fraction of sp³-hybridized carbons (Fsp3) is 0.450. The van der Waals surface area contributed by atoms with Gasteiger partial charge >= 0.3 is 0 Å². The smallest absolute Gasteiger partial charge is 0.272 e. The van der Waals surface area contributed by atoms with E-state index in [-0.39, 0.29) is 18.2 Å². The van der Waals surface area contributed by atoms with E-state index in [2.05, 4.69) is 15.6 Å². The zero-order chi connectivity index (χ0) is 21.3. The Morgan fingerprint density at radius 2 is 1.97 bits per heavy atom. The summed E-state index contributed by atoms with van der Waals surface area (Å²) >= 11 is 0. The van der Waals surface area contributed by atoms with E-state index in [4.69, 9.17) is 4.74 Å². The lowest BCUT2D eigenvalue weighted by Gasteiger charge is -2.29. The van der Waals surface area contributed by atoms with Gasteiger partial charge in [0.05, 0.1) is 18.9 Å². The van der Waals surface area contributed by atoms with Crippen molar-refractivity contribution < 1.29 is 23.1 Å². The molecule has 2 heterocycles. The van der Waals surface area contributed by atoms with Crippen molar-refractivity contribution in [3.63, 3.8) is 0 Å². The van der Waals surface area contributed by atoms with Gasteiger partial charge in [-0.3, -0.25) is 9.59 Å². The van der Waals surface area contributed by atoms with Crippen LogP contribution in [0.2, 0.25) is 0 Å². The van der Waals surface area contributed by atoms with Crippen LogP contribution in [0.1, 0.15) is 37.0 Å². The quantitative estimate of drug-likeness (QED) is 0.816. The van der Waals surface area contributed by atoms with Crippen molar-refractivity contribution >= 4 is 11.8 Å². The summed E-state index contributed by atoms with van der Waals surface area (Å²) in [7, 11) is 1.50. The zero-order valence-corrected chi connectivity index (χ0v) is 16.8. The summed E-state index contributed by atoms with van der Waals surface area (Å²) in [5.74, 6) is -2.46. The predicted molar refractivity (Wildman–Crippen MR) is 102 cm³/mol. The minimum atomic E-state index is -0.995. The number of halogens is 2. The molecule has 0 saturated carbocycles. The number of hydrogen-bond acceptors (Lipinski definition) is 4. The van der Waals surface area contributed by atoms with Gasteiger partial charge in [0.15, 0.2) is 17.3 Å². The third-order valence-electron chi connectivity index (χ3n) is 4.81.